The lowest BCUT2D eigenvalue weighted by molar-refractivity contribution is 0.353. The van der Waals surface area contributed by atoms with E-state index < -0.39 is 0 Å². The Morgan fingerprint density at radius 1 is 1.20 bits per heavy atom. The largest absolute Gasteiger partial charge is 0.324 e. The summed E-state index contributed by atoms with van der Waals surface area (Å²) in [7, 11) is 0. The van der Waals surface area contributed by atoms with Gasteiger partial charge in [0.25, 0.3) is 0 Å². The molecule has 1 unspecified atom stereocenters. The van der Waals surface area contributed by atoms with Gasteiger partial charge in [-0.25, -0.2) is 0 Å². The minimum absolute atomic E-state index is 0.0128. The van der Waals surface area contributed by atoms with Crippen LogP contribution < -0.4 is 11.1 Å². The Hall–Kier alpha value is -0.0800. The summed E-state index contributed by atoms with van der Waals surface area (Å²) >= 11 is 0. The van der Waals surface area contributed by atoms with E-state index >= 15 is 0 Å². The van der Waals surface area contributed by atoms with Crippen LogP contribution in [-0.4, -0.2) is 18.1 Å². The topological polar surface area (TPSA) is 38.0 Å². The van der Waals surface area contributed by atoms with E-state index in [-0.39, 0.29) is 5.54 Å². The molecule has 0 aromatic heterocycles. The SMILES string of the molecule is CCCC(C)(N)CNC1CCCCCC1. The molecule has 15 heavy (non-hydrogen) atoms. The highest BCUT2D eigenvalue weighted by Crippen LogP contribution is 2.18. The summed E-state index contributed by atoms with van der Waals surface area (Å²) in [6.45, 7) is 5.35. The molecule has 0 amide bonds. The van der Waals surface area contributed by atoms with E-state index in [1.165, 1.54) is 44.9 Å². The normalized spacial score (nSPS) is 23.4. The second-order valence-corrected chi connectivity index (χ2v) is 5.47. The average Bonchev–Trinajstić information content (AvgIpc) is 2.43. The Bertz CT molecular complexity index is 158. The van der Waals surface area contributed by atoms with Gasteiger partial charge in [-0.15, -0.1) is 0 Å². The number of nitrogens with one attached hydrogen (secondary N) is 1. The van der Waals surface area contributed by atoms with E-state index in [9.17, 15) is 0 Å². The molecule has 0 aromatic rings. The molecule has 1 atom stereocenters. The van der Waals surface area contributed by atoms with Gasteiger partial charge < -0.3 is 11.1 Å². The third kappa shape index (κ3) is 5.53. The number of rotatable bonds is 5. The highest BCUT2D eigenvalue weighted by Gasteiger charge is 2.19. The number of nitrogens with two attached hydrogens (primary N) is 1. The van der Waals surface area contributed by atoms with Crippen molar-refractivity contribution in [2.24, 2.45) is 5.73 Å². The van der Waals surface area contributed by atoms with Gasteiger partial charge in [-0.3, -0.25) is 0 Å². The fraction of sp³-hybridized carbons (Fsp3) is 1.00. The smallest absolute Gasteiger partial charge is 0.0252 e. The molecule has 0 aromatic carbocycles. The van der Waals surface area contributed by atoms with Crippen LogP contribution in [0, 0.1) is 0 Å². The third-order valence-electron chi connectivity index (χ3n) is 3.47. The molecule has 2 nitrogen and oxygen atoms in total. The van der Waals surface area contributed by atoms with Crippen LogP contribution in [0.25, 0.3) is 0 Å². The van der Waals surface area contributed by atoms with E-state index in [0.29, 0.717) is 0 Å². The predicted molar refractivity (Wildman–Crippen MR) is 67.0 cm³/mol. The van der Waals surface area contributed by atoms with Crippen LogP contribution in [0.3, 0.4) is 0 Å². The summed E-state index contributed by atoms with van der Waals surface area (Å²) in [5.41, 5.74) is 6.21. The second kappa shape index (κ2) is 6.49. The van der Waals surface area contributed by atoms with Crippen molar-refractivity contribution in [1.29, 1.82) is 0 Å². The van der Waals surface area contributed by atoms with E-state index in [0.717, 1.165) is 19.0 Å². The standard InChI is InChI=1S/C13H28N2/c1-3-10-13(2,14)11-15-12-8-6-4-5-7-9-12/h12,15H,3-11,14H2,1-2H3. The summed E-state index contributed by atoms with van der Waals surface area (Å²) in [6, 6.07) is 0.729. The first-order valence-electron chi connectivity index (χ1n) is 6.66. The molecule has 0 spiro atoms. The molecule has 1 fully saturated rings. The number of hydrogen-bond acceptors (Lipinski definition) is 2. The Labute approximate surface area is 95.0 Å². The molecule has 1 aliphatic rings. The van der Waals surface area contributed by atoms with E-state index in [4.69, 9.17) is 5.73 Å². The van der Waals surface area contributed by atoms with Crippen LogP contribution in [-0.2, 0) is 0 Å². The maximum absolute atomic E-state index is 6.22. The van der Waals surface area contributed by atoms with Gasteiger partial charge in [-0.2, -0.15) is 0 Å². The summed E-state index contributed by atoms with van der Waals surface area (Å²) < 4.78 is 0. The Morgan fingerprint density at radius 3 is 2.33 bits per heavy atom. The average molecular weight is 212 g/mol. The van der Waals surface area contributed by atoms with Gasteiger partial charge in [0, 0.05) is 18.1 Å². The van der Waals surface area contributed by atoms with Crippen LogP contribution >= 0.6 is 0 Å². The molecule has 0 radical (unpaired) electrons. The lowest BCUT2D eigenvalue weighted by Crippen LogP contribution is -2.48. The van der Waals surface area contributed by atoms with Crippen molar-refractivity contribution in [2.75, 3.05) is 6.54 Å². The minimum atomic E-state index is -0.0128. The van der Waals surface area contributed by atoms with Crippen LogP contribution in [0.2, 0.25) is 0 Å². The Kier molecular flexibility index (Phi) is 5.62. The second-order valence-electron chi connectivity index (χ2n) is 5.47. The first-order valence-corrected chi connectivity index (χ1v) is 6.66. The molecule has 2 heteroatoms. The van der Waals surface area contributed by atoms with Gasteiger partial charge in [0.15, 0.2) is 0 Å². The highest BCUT2D eigenvalue weighted by atomic mass is 15.0. The molecule has 90 valence electrons. The van der Waals surface area contributed by atoms with E-state index in [1.54, 1.807) is 0 Å². The van der Waals surface area contributed by atoms with E-state index in [1.807, 2.05) is 0 Å². The maximum Gasteiger partial charge on any atom is 0.0252 e. The summed E-state index contributed by atoms with van der Waals surface area (Å²) in [5, 5.41) is 3.66. The van der Waals surface area contributed by atoms with Crippen molar-refractivity contribution in [3.8, 4) is 0 Å². The lowest BCUT2D eigenvalue weighted by Gasteiger charge is -2.27. The van der Waals surface area contributed by atoms with Crippen molar-refractivity contribution in [2.45, 2.75) is 76.8 Å². The first-order chi connectivity index (χ1) is 7.14. The zero-order chi connectivity index (χ0) is 11.1. The molecule has 0 bridgehead atoms. The van der Waals surface area contributed by atoms with Crippen molar-refractivity contribution in [3.05, 3.63) is 0 Å². The van der Waals surface area contributed by atoms with Crippen LogP contribution in [0.1, 0.15) is 65.2 Å². The molecule has 0 aliphatic heterocycles. The van der Waals surface area contributed by atoms with Gasteiger partial charge in [-0.1, -0.05) is 39.0 Å². The molecule has 0 saturated heterocycles. The highest BCUT2D eigenvalue weighted by molar-refractivity contribution is 4.83. The van der Waals surface area contributed by atoms with Gasteiger partial charge in [-0.05, 0) is 26.2 Å². The zero-order valence-corrected chi connectivity index (χ0v) is 10.5. The first kappa shape index (κ1) is 13.0. The molecule has 3 N–H and O–H groups in total. The lowest BCUT2D eigenvalue weighted by atomic mass is 9.96. The quantitative estimate of drug-likeness (QED) is 0.688. The molecule has 1 rings (SSSR count). The summed E-state index contributed by atoms with van der Waals surface area (Å²) in [5.74, 6) is 0. The van der Waals surface area contributed by atoms with Crippen LogP contribution in [0.15, 0.2) is 0 Å². The van der Waals surface area contributed by atoms with Crippen molar-refractivity contribution in [1.82, 2.24) is 5.32 Å². The zero-order valence-electron chi connectivity index (χ0n) is 10.5. The monoisotopic (exact) mass is 212 g/mol. The Balaban J connectivity index is 2.22. The fourth-order valence-corrected chi connectivity index (χ4v) is 2.52. The van der Waals surface area contributed by atoms with Gasteiger partial charge in [0.1, 0.15) is 0 Å². The number of hydrogen-bond donors (Lipinski definition) is 2. The van der Waals surface area contributed by atoms with Crippen LogP contribution in [0.5, 0.6) is 0 Å². The molecule has 1 saturated carbocycles. The molecule has 1 aliphatic carbocycles. The maximum atomic E-state index is 6.22. The fourth-order valence-electron chi connectivity index (χ4n) is 2.52. The van der Waals surface area contributed by atoms with Crippen molar-refractivity contribution in [3.63, 3.8) is 0 Å². The van der Waals surface area contributed by atoms with Crippen molar-refractivity contribution >= 4 is 0 Å². The summed E-state index contributed by atoms with van der Waals surface area (Å²) in [4.78, 5) is 0. The van der Waals surface area contributed by atoms with Gasteiger partial charge >= 0.3 is 0 Å². The van der Waals surface area contributed by atoms with Crippen LogP contribution in [0.4, 0.5) is 0 Å². The van der Waals surface area contributed by atoms with Crippen molar-refractivity contribution < 1.29 is 0 Å². The predicted octanol–water partition coefficient (Wildman–Crippen LogP) is 2.82. The Morgan fingerprint density at radius 2 is 1.80 bits per heavy atom. The summed E-state index contributed by atoms with van der Waals surface area (Å²) in [6.07, 6.45) is 10.6. The van der Waals surface area contributed by atoms with Gasteiger partial charge in [0.05, 0.1) is 0 Å². The molecular formula is C13H28N2. The third-order valence-corrected chi connectivity index (χ3v) is 3.47. The molecular weight excluding hydrogens is 184 g/mol. The minimum Gasteiger partial charge on any atom is -0.324 e. The molecule has 0 heterocycles. The van der Waals surface area contributed by atoms with Gasteiger partial charge in [0.2, 0.25) is 0 Å². The van der Waals surface area contributed by atoms with E-state index in [2.05, 4.69) is 19.2 Å².